The number of carbonyl (C=O) groups excluding carboxylic acids is 1. The fourth-order valence-corrected chi connectivity index (χ4v) is 1.99. The van der Waals surface area contributed by atoms with Crippen LogP contribution in [0.25, 0.3) is 0 Å². The SMILES string of the molecule is O=C(CN1CC(C(=O)O)C1)NCCOc1ccccc1. The number of rotatable bonds is 7. The molecule has 1 aliphatic heterocycles. The molecule has 0 aliphatic carbocycles. The zero-order chi connectivity index (χ0) is 14.4. The standard InChI is InChI=1S/C14H18N2O4/c17-13(10-16-8-11(9-16)14(18)19)15-6-7-20-12-4-2-1-3-5-12/h1-5,11H,6-10H2,(H,15,17)(H,18,19). The number of nitrogens with zero attached hydrogens (tertiary/aromatic N) is 1. The summed E-state index contributed by atoms with van der Waals surface area (Å²) >= 11 is 0. The summed E-state index contributed by atoms with van der Waals surface area (Å²) in [5, 5.41) is 11.5. The van der Waals surface area contributed by atoms with Crippen LogP contribution in [0.1, 0.15) is 0 Å². The summed E-state index contributed by atoms with van der Waals surface area (Å²) in [4.78, 5) is 24.0. The number of para-hydroxylation sites is 1. The summed E-state index contributed by atoms with van der Waals surface area (Å²) in [5.41, 5.74) is 0. The number of carboxylic acids is 1. The minimum absolute atomic E-state index is 0.106. The van der Waals surface area contributed by atoms with Crippen LogP contribution in [0, 0.1) is 5.92 Å². The third kappa shape index (κ3) is 4.24. The van der Waals surface area contributed by atoms with Crippen molar-refractivity contribution >= 4 is 11.9 Å². The molecule has 108 valence electrons. The third-order valence-corrected chi connectivity index (χ3v) is 3.11. The van der Waals surface area contributed by atoms with Crippen LogP contribution in [0.5, 0.6) is 5.75 Å². The molecule has 0 bridgehead atoms. The second-order valence-corrected chi connectivity index (χ2v) is 4.74. The maximum absolute atomic E-state index is 11.6. The Morgan fingerprint density at radius 3 is 2.65 bits per heavy atom. The van der Waals surface area contributed by atoms with Crippen LogP contribution in [0.4, 0.5) is 0 Å². The van der Waals surface area contributed by atoms with E-state index in [0.29, 0.717) is 26.2 Å². The average molecular weight is 278 g/mol. The van der Waals surface area contributed by atoms with E-state index in [1.165, 1.54) is 0 Å². The maximum atomic E-state index is 11.6. The molecule has 1 aliphatic rings. The first-order valence-electron chi connectivity index (χ1n) is 6.55. The Bertz CT molecular complexity index is 458. The lowest BCUT2D eigenvalue weighted by Crippen LogP contribution is -2.53. The lowest BCUT2D eigenvalue weighted by molar-refractivity contribution is -0.148. The third-order valence-electron chi connectivity index (χ3n) is 3.11. The van der Waals surface area contributed by atoms with Crippen molar-refractivity contribution < 1.29 is 19.4 Å². The number of ether oxygens (including phenoxy) is 1. The topological polar surface area (TPSA) is 78.9 Å². The van der Waals surface area contributed by atoms with Crippen molar-refractivity contribution in [2.75, 3.05) is 32.8 Å². The van der Waals surface area contributed by atoms with Gasteiger partial charge in [0.1, 0.15) is 12.4 Å². The largest absolute Gasteiger partial charge is 0.492 e. The number of amides is 1. The smallest absolute Gasteiger partial charge is 0.309 e. The van der Waals surface area contributed by atoms with E-state index in [4.69, 9.17) is 9.84 Å². The Labute approximate surface area is 117 Å². The number of likely N-dealkylation sites (tertiary alicyclic amines) is 1. The molecule has 0 atom stereocenters. The molecule has 0 unspecified atom stereocenters. The number of carboxylic acid groups (broad SMARTS) is 1. The van der Waals surface area contributed by atoms with Crippen molar-refractivity contribution in [3.8, 4) is 5.75 Å². The van der Waals surface area contributed by atoms with Gasteiger partial charge in [0.05, 0.1) is 19.0 Å². The monoisotopic (exact) mass is 278 g/mol. The summed E-state index contributed by atoms with van der Waals surface area (Å²) < 4.78 is 5.44. The van der Waals surface area contributed by atoms with Gasteiger partial charge in [0.15, 0.2) is 0 Å². The Kier molecular flexibility index (Phi) is 4.95. The van der Waals surface area contributed by atoms with Crippen LogP contribution in [-0.2, 0) is 9.59 Å². The minimum atomic E-state index is -0.794. The van der Waals surface area contributed by atoms with E-state index in [1.807, 2.05) is 35.2 Å². The molecule has 2 rings (SSSR count). The van der Waals surface area contributed by atoms with E-state index in [9.17, 15) is 9.59 Å². The molecule has 1 fully saturated rings. The van der Waals surface area contributed by atoms with Crippen molar-refractivity contribution in [2.45, 2.75) is 0 Å². The van der Waals surface area contributed by atoms with E-state index in [1.54, 1.807) is 0 Å². The second kappa shape index (κ2) is 6.91. The van der Waals surface area contributed by atoms with Gasteiger partial charge in [-0.25, -0.2) is 0 Å². The molecule has 6 heteroatoms. The zero-order valence-electron chi connectivity index (χ0n) is 11.1. The van der Waals surface area contributed by atoms with Crippen LogP contribution in [0.2, 0.25) is 0 Å². The molecular weight excluding hydrogens is 260 g/mol. The molecule has 0 spiro atoms. The first kappa shape index (κ1) is 14.3. The lowest BCUT2D eigenvalue weighted by Gasteiger charge is -2.35. The molecule has 1 aromatic rings. The maximum Gasteiger partial charge on any atom is 0.309 e. The number of benzene rings is 1. The fraction of sp³-hybridized carbons (Fsp3) is 0.429. The van der Waals surface area contributed by atoms with Gasteiger partial charge in [-0.15, -0.1) is 0 Å². The summed E-state index contributed by atoms with van der Waals surface area (Å²) in [6, 6.07) is 9.39. The molecule has 1 amide bonds. The van der Waals surface area contributed by atoms with Gasteiger partial charge in [0, 0.05) is 13.1 Å². The molecule has 0 radical (unpaired) electrons. The van der Waals surface area contributed by atoms with Gasteiger partial charge in [-0.3, -0.25) is 14.5 Å². The van der Waals surface area contributed by atoms with Crippen molar-refractivity contribution in [1.29, 1.82) is 0 Å². The van der Waals surface area contributed by atoms with E-state index >= 15 is 0 Å². The van der Waals surface area contributed by atoms with Crippen molar-refractivity contribution in [3.05, 3.63) is 30.3 Å². The quantitative estimate of drug-likeness (QED) is 0.697. The number of hydrogen-bond donors (Lipinski definition) is 2. The summed E-state index contributed by atoms with van der Waals surface area (Å²) in [6.45, 7) is 1.99. The molecule has 20 heavy (non-hydrogen) atoms. The fourth-order valence-electron chi connectivity index (χ4n) is 1.99. The predicted molar refractivity (Wildman–Crippen MR) is 72.5 cm³/mol. The normalized spacial score (nSPS) is 15.4. The van der Waals surface area contributed by atoms with E-state index in [0.717, 1.165) is 5.75 Å². The Morgan fingerprint density at radius 2 is 2.00 bits per heavy atom. The summed E-state index contributed by atoms with van der Waals surface area (Å²) in [7, 11) is 0. The molecular formula is C14H18N2O4. The Morgan fingerprint density at radius 1 is 1.30 bits per heavy atom. The predicted octanol–water partition coefficient (Wildman–Crippen LogP) is 0.198. The highest BCUT2D eigenvalue weighted by Crippen LogP contribution is 2.14. The van der Waals surface area contributed by atoms with E-state index in [-0.39, 0.29) is 18.4 Å². The van der Waals surface area contributed by atoms with Crippen LogP contribution in [-0.4, -0.2) is 54.7 Å². The van der Waals surface area contributed by atoms with Crippen molar-refractivity contribution in [2.24, 2.45) is 5.92 Å². The van der Waals surface area contributed by atoms with Gasteiger partial charge >= 0.3 is 5.97 Å². The molecule has 1 heterocycles. The lowest BCUT2D eigenvalue weighted by atomic mass is 10.0. The van der Waals surface area contributed by atoms with Crippen LogP contribution in [0.3, 0.4) is 0 Å². The highest BCUT2D eigenvalue weighted by Gasteiger charge is 2.33. The van der Waals surface area contributed by atoms with Crippen molar-refractivity contribution in [1.82, 2.24) is 10.2 Å². The number of nitrogens with one attached hydrogen (secondary N) is 1. The van der Waals surface area contributed by atoms with Crippen LogP contribution >= 0.6 is 0 Å². The van der Waals surface area contributed by atoms with Crippen molar-refractivity contribution in [3.63, 3.8) is 0 Å². The second-order valence-electron chi connectivity index (χ2n) is 4.74. The molecule has 6 nitrogen and oxygen atoms in total. The first-order valence-corrected chi connectivity index (χ1v) is 6.55. The minimum Gasteiger partial charge on any atom is -0.492 e. The van der Waals surface area contributed by atoms with E-state index < -0.39 is 5.97 Å². The highest BCUT2D eigenvalue weighted by atomic mass is 16.5. The van der Waals surface area contributed by atoms with Gasteiger partial charge in [-0.2, -0.15) is 0 Å². The highest BCUT2D eigenvalue weighted by molar-refractivity contribution is 5.78. The van der Waals surface area contributed by atoms with Gasteiger partial charge < -0.3 is 15.2 Å². The molecule has 2 N–H and O–H groups in total. The van der Waals surface area contributed by atoms with Gasteiger partial charge in [-0.05, 0) is 12.1 Å². The molecule has 0 saturated carbocycles. The van der Waals surface area contributed by atoms with Crippen LogP contribution < -0.4 is 10.1 Å². The Hall–Kier alpha value is -2.08. The number of carbonyl (C=O) groups is 2. The van der Waals surface area contributed by atoms with Gasteiger partial charge in [0.2, 0.25) is 5.91 Å². The Balaban J connectivity index is 1.54. The van der Waals surface area contributed by atoms with E-state index in [2.05, 4.69) is 5.32 Å². The van der Waals surface area contributed by atoms with Gasteiger partial charge in [-0.1, -0.05) is 18.2 Å². The molecule has 1 saturated heterocycles. The summed E-state index contributed by atoms with van der Waals surface area (Å²) in [5.74, 6) is -0.457. The molecule has 0 aromatic heterocycles. The average Bonchev–Trinajstić information content (AvgIpc) is 2.39. The number of hydrogen-bond acceptors (Lipinski definition) is 4. The first-order chi connectivity index (χ1) is 9.65. The summed E-state index contributed by atoms with van der Waals surface area (Å²) in [6.07, 6.45) is 0. The zero-order valence-corrected chi connectivity index (χ0v) is 11.1. The van der Waals surface area contributed by atoms with Gasteiger partial charge in [0.25, 0.3) is 0 Å². The number of aliphatic carboxylic acids is 1. The van der Waals surface area contributed by atoms with Crippen LogP contribution in [0.15, 0.2) is 30.3 Å². The molecule has 1 aromatic carbocycles.